The molecular weight excluding hydrogens is 372 g/mol. The van der Waals surface area contributed by atoms with Crippen LogP contribution in [0.25, 0.3) is 0 Å². The molecule has 0 amide bonds. The Morgan fingerprint density at radius 3 is 2.47 bits per heavy atom. The van der Waals surface area contributed by atoms with E-state index >= 15 is 0 Å². The van der Waals surface area contributed by atoms with E-state index in [0.29, 0.717) is 0 Å². The van der Waals surface area contributed by atoms with E-state index in [1.165, 1.54) is 5.56 Å². The molecule has 0 saturated heterocycles. The van der Waals surface area contributed by atoms with Gasteiger partial charge in [0, 0.05) is 25.1 Å². The van der Waals surface area contributed by atoms with E-state index in [9.17, 15) is 0 Å². The topological polar surface area (TPSA) is 41.1 Å². The number of benzene rings is 1. The zero-order valence-electron chi connectivity index (χ0n) is 10.7. The van der Waals surface area contributed by atoms with Crippen LogP contribution in [0, 0.1) is 0 Å². The number of nitrogens with one attached hydrogen (secondary N) is 1. The third-order valence-corrected chi connectivity index (χ3v) is 3.96. The first-order valence-electron chi connectivity index (χ1n) is 5.75. The van der Waals surface area contributed by atoms with E-state index in [4.69, 9.17) is 0 Å². The van der Waals surface area contributed by atoms with E-state index in [0.717, 1.165) is 27.1 Å². The van der Waals surface area contributed by atoms with Crippen molar-refractivity contribution in [3.8, 4) is 0 Å². The maximum Gasteiger partial charge on any atom is 0.148 e. The molecular formula is C13H14Br2N4. The molecule has 0 aliphatic rings. The summed E-state index contributed by atoms with van der Waals surface area (Å²) in [5.74, 6) is 1.65. The third kappa shape index (κ3) is 3.45. The highest BCUT2D eigenvalue weighted by molar-refractivity contribution is 9.11. The minimum atomic E-state index is 0.784. The largest absolute Gasteiger partial charge is 0.372 e. The van der Waals surface area contributed by atoms with Crippen molar-refractivity contribution in [3.63, 3.8) is 0 Å². The Kier molecular flexibility index (Phi) is 4.76. The highest BCUT2D eigenvalue weighted by Crippen LogP contribution is 2.29. The van der Waals surface area contributed by atoms with Crippen molar-refractivity contribution in [2.24, 2.45) is 0 Å². The maximum absolute atomic E-state index is 4.32. The minimum absolute atomic E-state index is 0.784. The molecule has 2 rings (SSSR count). The molecule has 0 fully saturated rings. The summed E-state index contributed by atoms with van der Waals surface area (Å²) in [5, 5.41) is 3.03. The molecule has 100 valence electrons. The van der Waals surface area contributed by atoms with Crippen molar-refractivity contribution in [2.45, 2.75) is 6.54 Å². The number of rotatable bonds is 4. The summed E-state index contributed by atoms with van der Waals surface area (Å²) in [7, 11) is 3.85. The van der Waals surface area contributed by atoms with E-state index in [1.807, 2.05) is 26.2 Å². The molecule has 4 nitrogen and oxygen atoms in total. The second-order valence-corrected chi connectivity index (χ2v) is 5.80. The summed E-state index contributed by atoms with van der Waals surface area (Å²) in [4.78, 5) is 10.6. The Bertz CT molecular complexity index is 557. The monoisotopic (exact) mass is 384 g/mol. The van der Waals surface area contributed by atoms with Gasteiger partial charge in [0.2, 0.25) is 0 Å². The van der Waals surface area contributed by atoms with Crippen molar-refractivity contribution in [1.29, 1.82) is 0 Å². The van der Waals surface area contributed by atoms with Gasteiger partial charge in [0.15, 0.2) is 0 Å². The van der Waals surface area contributed by atoms with Crippen LogP contribution in [-0.2, 0) is 6.54 Å². The number of hydrogen-bond donors (Lipinski definition) is 1. The average Bonchev–Trinajstić information content (AvgIpc) is 2.41. The standard InChI is InChI=1S/C13H14Br2N4/c1-16-12-11(15)13(18-8-17-12)19(2)7-9-3-5-10(14)6-4-9/h3-6,8H,7H2,1-2H3,(H,16,17,18). The van der Waals surface area contributed by atoms with E-state index in [2.05, 4.69) is 64.2 Å². The van der Waals surface area contributed by atoms with Gasteiger partial charge in [-0.05, 0) is 33.6 Å². The van der Waals surface area contributed by atoms with Gasteiger partial charge in [-0.25, -0.2) is 9.97 Å². The summed E-state index contributed by atoms with van der Waals surface area (Å²) in [6.07, 6.45) is 1.56. The van der Waals surface area contributed by atoms with Gasteiger partial charge in [0.25, 0.3) is 0 Å². The zero-order chi connectivity index (χ0) is 13.8. The molecule has 0 saturated carbocycles. The number of aromatic nitrogens is 2. The van der Waals surface area contributed by atoms with Crippen molar-refractivity contribution >= 4 is 43.5 Å². The first-order chi connectivity index (χ1) is 9.11. The molecule has 0 spiro atoms. The van der Waals surface area contributed by atoms with Gasteiger partial charge in [-0.1, -0.05) is 28.1 Å². The fourth-order valence-electron chi connectivity index (χ4n) is 1.74. The van der Waals surface area contributed by atoms with E-state index < -0.39 is 0 Å². The molecule has 0 bridgehead atoms. The summed E-state index contributed by atoms with van der Waals surface area (Å²) in [6, 6.07) is 8.26. The fraction of sp³-hybridized carbons (Fsp3) is 0.231. The smallest absolute Gasteiger partial charge is 0.148 e. The minimum Gasteiger partial charge on any atom is -0.372 e. The molecule has 1 aromatic heterocycles. The van der Waals surface area contributed by atoms with Crippen LogP contribution >= 0.6 is 31.9 Å². The summed E-state index contributed by atoms with van der Waals surface area (Å²) in [6.45, 7) is 0.784. The van der Waals surface area contributed by atoms with Crippen LogP contribution in [0.2, 0.25) is 0 Å². The molecule has 1 N–H and O–H groups in total. The van der Waals surface area contributed by atoms with Gasteiger partial charge in [-0.15, -0.1) is 0 Å². The number of nitrogens with zero attached hydrogens (tertiary/aromatic N) is 3. The maximum atomic E-state index is 4.32. The Morgan fingerprint density at radius 2 is 1.84 bits per heavy atom. The van der Waals surface area contributed by atoms with Crippen molar-refractivity contribution in [1.82, 2.24) is 9.97 Å². The molecule has 0 aliphatic carbocycles. The van der Waals surface area contributed by atoms with E-state index in [-0.39, 0.29) is 0 Å². The van der Waals surface area contributed by atoms with Gasteiger partial charge in [-0.3, -0.25) is 0 Å². The number of anilines is 2. The molecule has 0 radical (unpaired) electrons. The van der Waals surface area contributed by atoms with Crippen LogP contribution in [-0.4, -0.2) is 24.1 Å². The van der Waals surface area contributed by atoms with Crippen LogP contribution in [0.15, 0.2) is 39.5 Å². The van der Waals surface area contributed by atoms with E-state index in [1.54, 1.807) is 6.33 Å². The lowest BCUT2D eigenvalue weighted by atomic mass is 10.2. The van der Waals surface area contributed by atoms with Crippen LogP contribution in [0.1, 0.15) is 5.56 Å². The Labute approximate surface area is 129 Å². The fourth-order valence-corrected chi connectivity index (χ4v) is 2.71. The molecule has 19 heavy (non-hydrogen) atoms. The Morgan fingerprint density at radius 1 is 1.16 bits per heavy atom. The zero-order valence-corrected chi connectivity index (χ0v) is 13.9. The summed E-state index contributed by atoms with van der Waals surface area (Å²) >= 11 is 6.97. The molecule has 0 unspecified atom stereocenters. The predicted molar refractivity (Wildman–Crippen MR) is 85.5 cm³/mol. The second kappa shape index (κ2) is 6.34. The lowest BCUT2D eigenvalue weighted by Crippen LogP contribution is -2.18. The quantitative estimate of drug-likeness (QED) is 0.871. The van der Waals surface area contributed by atoms with Gasteiger partial charge >= 0.3 is 0 Å². The van der Waals surface area contributed by atoms with Crippen molar-refractivity contribution in [3.05, 3.63) is 45.1 Å². The average molecular weight is 386 g/mol. The molecule has 0 aliphatic heterocycles. The molecule has 6 heteroatoms. The Balaban J connectivity index is 2.20. The normalized spacial score (nSPS) is 10.3. The first kappa shape index (κ1) is 14.3. The lowest BCUT2D eigenvalue weighted by molar-refractivity contribution is 0.886. The van der Waals surface area contributed by atoms with Crippen LogP contribution in [0.5, 0.6) is 0 Å². The first-order valence-corrected chi connectivity index (χ1v) is 7.34. The van der Waals surface area contributed by atoms with Gasteiger partial charge in [0.1, 0.15) is 22.4 Å². The van der Waals surface area contributed by atoms with Crippen LogP contribution < -0.4 is 10.2 Å². The van der Waals surface area contributed by atoms with Crippen LogP contribution in [0.3, 0.4) is 0 Å². The second-order valence-electron chi connectivity index (χ2n) is 4.09. The molecule has 2 aromatic rings. The highest BCUT2D eigenvalue weighted by Gasteiger charge is 2.12. The summed E-state index contributed by atoms with van der Waals surface area (Å²) < 4.78 is 1.96. The van der Waals surface area contributed by atoms with Crippen molar-refractivity contribution in [2.75, 3.05) is 24.3 Å². The number of halogens is 2. The van der Waals surface area contributed by atoms with Crippen LogP contribution in [0.4, 0.5) is 11.6 Å². The van der Waals surface area contributed by atoms with Gasteiger partial charge in [0.05, 0.1) is 0 Å². The lowest BCUT2D eigenvalue weighted by Gasteiger charge is -2.20. The summed E-state index contributed by atoms with van der Waals surface area (Å²) in [5.41, 5.74) is 1.22. The van der Waals surface area contributed by atoms with Crippen molar-refractivity contribution < 1.29 is 0 Å². The molecule has 0 atom stereocenters. The van der Waals surface area contributed by atoms with Gasteiger partial charge < -0.3 is 10.2 Å². The SMILES string of the molecule is CNc1ncnc(N(C)Cc2ccc(Br)cc2)c1Br. The highest BCUT2D eigenvalue weighted by atomic mass is 79.9. The Hall–Kier alpha value is -1.14. The third-order valence-electron chi connectivity index (χ3n) is 2.70. The predicted octanol–water partition coefficient (Wildman–Crippen LogP) is 3.68. The molecule has 1 heterocycles. The number of hydrogen-bond acceptors (Lipinski definition) is 4. The van der Waals surface area contributed by atoms with Gasteiger partial charge in [-0.2, -0.15) is 0 Å². The molecule has 1 aromatic carbocycles.